The Morgan fingerprint density at radius 2 is 1.20 bits per heavy atom. The summed E-state index contributed by atoms with van der Waals surface area (Å²) in [6.45, 7) is 22.3. The second-order valence-electron chi connectivity index (χ2n) is 19.4. The van der Waals surface area contributed by atoms with Crippen LogP contribution in [0.25, 0.3) is 0 Å². The number of carbonyl (C=O) groups is 2. The lowest BCUT2D eigenvalue weighted by Gasteiger charge is -2.39. The molecule has 6 nitrogen and oxygen atoms in total. The topological polar surface area (TPSA) is 96.4 Å². The van der Waals surface area contributed by atoms with Crippen molar-refractivity contribution in [3.63, 3.8) is 0 Å². The molecule has 0 spiro atoms. The zero-order valence-electron chi connectivity index (χ0n) is 39.7. The van der Waals surface area contributed by atoms with Gasteiger partial charge in [0, 0.05) is 30.1 Å². The van der Waals surface area contributed by atoms with Crippen molar-refractivity contribution in [2.75, 3.05) is 0 Å². The van der Waals surface area contributed by atoms with Gasteiger partial charge >= 0.3 is 5.97 Å². The zero-order chi connectivity index (χ0) is 44.8. The first kappa shape index (κ1) is 52.8. The Kier molecular flexibility index (Phi) is 23.1. The third-order valence-corrected chi connectivity index (χ3v) is 12.1. The molecule has 0 amide bonds. The van der Waals surface area contributed by atoms with Crippen LogP contribution in [0.5, 0.6) is 0 Å². The van der Waals surface area contributed by atoms with E-state index in [9.17, 15) is 19.8 Å². The monoisotopic (exact) mass is 829 g/mol. The number of carbonyl (C=O) groups excluding carboxylic acids is 2. The molecule has 0 aromatic rings. The van der Waals surface area contributed by atoms with Crippen molar-refractivity contribution in [3.05, 3.63) is 107 Å². The number of aliphatic hydroxyl groups is 2. The van der Waals surface area contributed by atoms with Crippen molar-refractivity contribution in [3.8, 4) is 0 Å². The third kappa shape index (κ3) is 19.2. The van der Waals surface area contributed by atoms with Crippen LogP contribution in [-0.4, -0.2) is 51.5 Å². The van der Waals surface area contributed by atoms with E-state index in [-0.39, 0.29) is 34.5 Å². The molecule has 1 saturated heterocycles. The Bertz CT molecular complexity index is 1620. The molecule has 1 aliphatic heterocycles. The highest BCUT2D eigenvalue weighted by atomic mass is 16.6. The second-order valence-corrected chi connectivity index (χ2v) is 19.4. The quantitative estimate of drug-likeness (QED) is 0.0268. The minimum atomic E-state index is -0.753. The zero-order valence-corrected chi connectivity index (χ0v) is 39.7. The Hall–Kier alpha value is -3.32. The first-order valence-corrected chi connectivity index (χ1v) is 23.1. The summed E-state index contributed by atoms with van der Waals surface area (Å²) in [5.41, 5.74) is 2.84. The van der Waals surface area contributed by atoms with Gasteiger partial charge < -0.3 is 19.7 Å². The van der Waals surface area contributed by atoms with Gasteiger partial charge in [0.25, 0.3) is 0 Å². The molecule has 1 aliphatic carbocycles. The van der Waals surface area contributed by atoms with Crippen molar-refractivity contribution in [2.45, 2.75) is 208 Å². The highest BCUT2D eigenvalue weighted by Gasteiger charge is 2.74. The van der Waals surface area contributed by atoms with Gasteiger partial charge in [-0.05, 0) is 73.0 Å². The van der Waals surface area contributed by atoms with Crippen molar-refractivity contribution >= 4 is 11.8 Å². The van der Waals surface area contributed by atoms with Crippen LogP contribution >= 0.6 is 0 Å². The molecule has 5 atom stereocenters. The van der Waals surface area contributed by atoms with Gasteiger partial charge in [0.15, 0.2) is 5.78 Å². The van der Waals surface area contributed by atoms with Crippen LogP contribution in [0.2, 0.25) is 0 Å². The number of aliphatic hydroxyl groups excluding tert-OH is 2. The van der Waals surface area contributed by atoms with Crippen molar-refractivity contribution in [1.29, 1.82) is 0 Å². The molecule has 2 aliphatic rings. The van der Waals surface area contributed by atoms with E-state index in [1.54, 1.807) is 13.0 Å². The summed E-state index contributed by atoms with van der Waals surface area (Å²) >= 11 is 0. The third-order valence-electron chi connectivity index (χ3n) is 12.1. The molecule has 5 unspecified atom stereocenters. The van der Waals surface area contributed by atoms with Gasteiger partial charge in [0.1, 0.15) is 17.3 Å². The molecule has 0 aromatic heterocycles. The minimum absolute atomic E-state index is 0.0414. The Labute approximate surface area is 366 Å². The lowest BCUT2D eigenvalue weighted by molar-refractivity contribution is -0.153. The molecule has 336 valence electrons. The van der Waals surface area contributed by atoms with E-state index < -0.39 is 17.6 Å². The normalized spacial score (nSPS) is 24.0. The number of esters is 1. The summed E-state index contributed by atoms with van der Waals surface area (Å²) in [4.78, 5) is 26.0. The number of hydrogen-bond acceptors (Lipinski definition) is 6. The van der Waals surface area contributed by atoms with Gasteiger partial charge in [-0.25, -0.2) is 0 Å². The minimum Gasteiger partial charge on any atom is -0.462 e. The predicted octanol–water partition coefficient (Wildman–Crippen LogP) is 13.6. The van der Waals surface area contributed by atoms with E-state index in [2.05, 4.69) is 84.1 Å². The van der Waals surface area contributed by atoms with Crippen LogP contribution in [0.1, 0.15) is 179 Å². The molecule has 60 heavy (non-hydrogen) atoms. The number of hydrogen-bond donors (Lipinski definition) is 2. The van der Waals surface area contributed by atoms with E-state index in [4.69, 9.17) is 9.47 Å². The second kappa shape index (κ2) is 26.2. The summed E-state index contributed by atoms with van der Waals surface area (Å²) in [6.07, 6.45) is 42.6. The van der Waals surface area contributed by atoms with Gasteiger partial charge in [-0.2, -0.15) is 0 Å². The van der Waals surface area contributed by atoms with Gasteiger partial charge in [-0.15, -0.1) is 0 Å². The summed E-state index contributed by atoms with van der Waals surface area (Å²) in [7, 11) is 0. The first-order chi connectivity index (χ1) is 28.3. The standard InChI is InChI=1S/C54H84O6/c1-12-13-14-15-16-17-18-19-20-21-22-33-50(58)59-48(38-46(6)55)41-51(7,8)49(57)35-34-44(4)31-25-29-42(2)27-23-24-28-43(3)30-26-32-45(5)36-37-54-52(9,10)39-47(56)40-53(54,11)60-54/h23-32,34-37,46-48,55-56H,12-22,33,38-41H2,1-11H3. The van der Waals surface area contributed by atoms with Crippen LogP contribution in [0, 0.1) is 10.8 Å². The van der Waals surface area contributed by atoms with E-state index in [0.717, 1.165) is 48.0 Å². The highest BCUT2D eigenvalue weighted by Crippen LogP contribution is 2.66. The maximum Gasteiger partial charge on any atom is 0.306 e. The summed E-state index contributed by atoms with van der Waals surface area (Å²) < 4.78 is 12.1. The average Bonchev–Trinajstić information content (AvgIpc) is 3.78. The summed E-state index contributed by atoms with van der Waals surface area (Å²) in [5, 5.41) is 20.4. The first-order valence-electron chi connectivity index (χ1n) is 23.1. The largest absolute Gasteiger partial charge is 0.462 e. The molecule has 0 bridgehead atoms. The summed E-state index contributed by atoms with van der Waals surface area (Å²) in [5.74, 6) is -0.285. The smallest absolute Gasteiger partial charge is 0.306 e. The van der Waals surface area contributed by atoms with Crippen LogP contribution in [0.15, 0.2) is 107 Å². The number of ether oxygens (including phenoxy) is 2. The maximum atomic E-state index is 13.3. The Morgan fingerprint density at radius 1 is 0.717 bits per heavy atom. The van der Waals surface area contributed by atoms with Gasteiger partial charge in [0.2, 0.25) is 0 Å². The number of fused-ring (bicyclic) bond motifs is 1. The summed E-state index contributed by atoms with van der Waals surface area (Å²) in [6, 6.07) is 0. The fourth-order valence-electron chi connectivity index (χ4n) is 8.50. The fraction of sp³-hybridized carbons (Fsp3) is 0.630. The molecule has 0 aromatic carbocycles. The lowest BCUT2D eigenvalue weighted by atomic mass is 9.63. The van der Waals surface area contributed by atoms with Gasteiger partial charge in [-0.3, -0.25) is 9.59 Å². The number of allylic oxidation sites excluding steroid dienone is 17. The van der Waals surface area contributed by atoms with Gasteiger partial charge in [-0.1, -0.05) is 194 Å². The van der Waals surface area contributed by atoms with Crippen LogP contribution in [0.4, 0.5) is 0 Å². The predicted molar refractivity (Wildman–Crippen MR) is 253 cm³/mol. The van der Waals surface area contributed by atoms with Crippen LogP contribution < -0.4 is 0 Å². The molecule has 1 heterocycles. The Morgan fingerprint density at radius 3 is 1.72 bits per heavy atom. The SMILES string of the molecule is CCCCCCCCCCCCCC(=O)OC(CC(C)O)CC(C)(C)C(=O)C=CC(C)=CC=CC(C)=CC=CC=C(C)C=CC=C(C)C=CC12OC1(C)CC(O)CC2(C)C. The molecule has 0 radical (unpaired) electrons. The lowest BCUT2D eigenvalue weighted by Crippen LogP contribution is -2.46. The van der Waals surface area contributed by atoms with Gasteiger partial charge in [0.05, 0.1) is 12.2 Å². The van der Waals surface area contributed by atoms with E-state index in [0.29, 0.717) is 25.7 Å². The molecule has 2 N–H and O–H groups in total. The molecule has 2 rings (SSSR count). The van der Waals surface area contributed by atoms with E-state index >= 15 is 0 Å². The average molecular weight is 829 g/mol. The van der Waals surface area contributed by atoms with Crippen molar-refractivity contribution in [1.82, 2.24) is 0 Å². The van der Waals surface area contributed by atoms with Crippen molar-refractivity contribution < 1.29 is 29.3 Å². The fourth-order valence-corrected chi connectivity index (χ4v) is 8.50. The number of ketones is 1. The van der Waals surface area contributed by atoms with Crippen molar-refractivity contribution in [2.24, 2.45) is 10.8 Å². The highest BCUT2D eigenvalue weighted by molar-refractivity contribution is 5.94. The molecule has 2 fully saturated rings. The number of unbranched alkanes of at least 4 members (excludes halogenated alkanes) is 10. The molecule has 1 saturated carbocycles. The Balaban J connectivity index is 1.80. The molecular weight excluding hydrogens is 745 g/mol. The van der Waals surface area contributed by atoms with E-state index in [1.165, 1.54) is 51.4 Å². The molecular formula is C54H84O6. The van der Waals surface area contributed by atoms with E-state index in [1.807, 2.05) is 64.2 Å². The number of epoxide rings is 1. The maximum absolute atomic E-state index is 13.3. The number of rotatable bonds is 28. The molecule has 6 heteroatoms. The van der Waals surface area contributed by atoms with Crippen LogP contribution in [-0.2, 0) is 19.1 Å². The van der Waals surface area contributed by atoms with Crippen LogP contribution in [0.3, 0.4) is 0 Å².